The highest BCUT2D eigenvalue weighted by Crippen LogP contribution is 2.31. The van der Waals surface area contributed by atoms with Gasteiger partial charge >= 0.3 is 0 Å². The lowest BCUT2D eigenvalue weighted by molar-refractivity contribution is 0.310. The van der Waals surface area contributed by atoms with Crippen LogP contribution in [0.5, 0.6) is 17.2 Å². The van der Waals surface area contributed by atoms with E-state index in [0.717, 1.165) is 17.0 Å². The minimum Gasteiger partial charge on any atom is -0.497 e. The van der Waals surface area contributed by atoms with Gasteiger partial charge in [0.05, 0.1) is 33.4 Å². The van der Waals surface area contributed by atoms with Gasteiger partial charge in [0.25, 0.3) is 0 Å². The summed E-state index contributed by atoms with van der Waals surface area (Å²) in [5, 5.41) is 10.5. The molecular weight excluding hydrogens is 358 g/mol. The molecule has 28 heavy (non-hydrogen) atoms. The van der Waals surface area contributed by atoms with Gasteiger partial charge in [-0.05, 0) is 48.9 Å². The molecule has 4 N–H and O–H groups in total. The molecule has 1 aromatic heterocycles. The molecule has 1 heterocycles. The molecule has 3 rings (SSSR count). The number of benzene rings is 2. The Morgan fingerprint density at radius 2 is 1.86 bits per heavy atom. The molecule has 1 atom stereocenters. The number of hydrogen-bond donors (Lipinski definition) is 3. The van der Waals surface area contributed by atoms with Crippen LogP contribution in [0.15, 0.2) is 42.5 Å². The van der Waals surface area contributed by atoms with Crippen molar-refractivity contribution >= 4 is 5.69 Å². The fourth-order valence-electron chi connectivity index (χ4n) is 2.73. The van der Waals surface area contributed by atoms with Gasteiger partial charge in [0, 0.05) is 5.69 Å². The molecule has 8 nitrogen and oxygen atoms in total. The minimum absolute atomic E-state index is 0.476. The molecule has 0 aliphatic heterocycles. The zero-order chi connectivity index (χ0) is 19.9. The number of ether oxygens (including phenoxy) is 3. The predicted molar refractivity (Wildman–Crippen MR) is 107 cm³/mol. The number of nitrogens with one attached hydrogen (secondary N) is 2. The summed E-state index contributed by atoms with van der Waals surface area (Å²) in [5.74, 6) is 3.33. The highest BCUT2D eigenvalue weighted by Gasteiger charge is 2.17. The van der Waals surface area contributed by atoms with E-state index in [4.69, 9.17) is 19.9 Å². The van der Waals surface area contributed by atoms with Gasteiger partial charge in [0.15, 0.2) is 17.3 Å². The molecule has 0 bridgehead atoms. The van der Waals surface area contributed by atoms with E-state index in [-0.39, 0.29) is 0 Å². The third kappa shape index (κ3) is 4.52. The first-order valence-electron chi connectivity index (χ1n) is 9.00. The summed E-state index contributed by atoms with van der Waals surface area (Å²) >= 11 is 0. The fraction of sp³-hybridized carbons (Fsp3) is 0.300. The van der Waals surface area contributed by atoms with Crippen LogP contribution in [0, 0.1) is 0 Å². The maximum absolute atomic E-state index is 6.35. The van der Waals surface area contributed by atoms with Crippen molar-refractivity contribution in [2.24, 2.45) is 5.73 Å². The van der Waals surface area contributed by atoms with Gasteiger partial charge in [-0.25, -0.2) is 4.98 Å². The monoisotopic (exact) mass is 383 g/mol. The van der Waals surface area contributed by atoms with Gasteiger partial charge in [0.1, 0.15) is 11.6 Å². The van der Waals surface area contributed by atoms with Crippen molar-refractivity contribution in [3.05, 3.63) is 59.7 Å². The van der Waals surface area contributed by atoms with Crippen molar-refractivity contribution in [2.45, 2.75) is 19.5 Å². The van der Waals surface area contributed by atoms with Crippen molar-refractivity contribution in [3.8, 4) is 17.2 Å². The summed E-state index contributed by atoms with van der Waals surface area (Å²) in [4.78, 5) is 4.50. The third-order valence-electron chi connectivity index (χ3n) is 4.22. The molecule has 0 aliphatic rings. The maximum atomic E-state index is 6.35. The van der Waals surface area contributed by atoms with E-state index >= 15 is 0 Å². The smallest absolute Gasteiger partial charge is 0.171 e. The average Bonchev–Trinajstić information content (AvgIpc) is 3.21. The second kappa shape index (κ2) is 9.09. The van der Waals surface area contributed by atoms with Crippen LogP contribution < -0.4 is 25.3 Å². The SMILES string of the molecule is CCOc1cc([C@@H](N)c2n[nH]c(CNc3ccc(OC)cc3)n2)ccc1OC. The van der Waals surface area contributed by atoms with Gasteiger partial charge in [-0.1, -0.05) is 6.07 Å². The fourth-order valence-corrected chi connectivity index (χ4v) is 2.73. The molecule has 3 aromatic rings. The quantitative estimate of drug-likeness (QED) is 0.521. The van der Waals surface area contributed by atoms with Gasteiger partial charge in [0.2, 0.25) is 0 Å². The Bertz CT molecular complexity index is 895. The lowest BCUT2D eigenvalue weighted by Gasteiger charge is -2.13. The van der Waals surface area contributed by atoms with Crippen LogP contribution in [-0.2, 0) is 6.54 Å². The van der Waals surface area contributed by atoms with E-state index < -0.39 is 6.04 Å². The van der Waals surface area contributed by atoms with E-state index in [1.807, 2.05) is 49.4 Å². The van der Waals surface area contributed by atoms with Crippen molar-refractivity contribution in [3.63, 3.8) is 0 Å². The third-order valence-corrected chi connectivity index (χ3v) is 4.22. The molecule has 0 aliphatic carbocycles. The van der Waals surface area contributed by atoms with Crippen molar-refractivity contribution in [2.75, 3.05) is 26.1 Å². The molecule has 0 amide bonds. The molecule has 0 radical (unpaired) electrons. The highest BCUT2D eigenvalue weighted by atomic mass is 16.5. The molecule has 0 saturated carbocycles. The molecule has 148 valence electrons. The van der Waals surface area contributed by atoms with Crippen LogP contribution in [0.4, 0.5) is 5.69 Å². The van der Waals surface area contributed by atoms with Crippen LogP contribution in [0.25, 0.3) is 0 Å². The van der Waals surface area contributed by atoms with Gasteiger partial charge in [-0.2, -0.15) is 5.10 Å². The molecule has 2 aromatic carbocycles. The Balaban J connectivity index is 1.67. The Morgan fingerprint density at radius 3 is 2.54 bits per heavy atom. The van der Waals surface area contributed by atoms with E-state index in [9.17, 15) is 0 Å². The first-order valence-corrected chi connectivity index (χ1v) is 9.00. The van der Waals surface area contributed by atoms with Gasteiger partial charge in [-0.3, -0.25) is 5.10 Å². The number of H-pyrrole nitrogens is 1. The summed E-state index contributed by atoms with van der Waals surface area (Å²) in [6.45, 7) is 2.96. The van der Waals surface area contributed by atoms with Crippen LogP contribution in [0.1, 0.15) is 30.2 Å². The zero-order valence-electron chi connectivity index (χ0n) is 16.2. The predicted octanol–water partition coefficient (Wildman–Crippen LogP) is 2.88. The summed E-state index contributed by atoms with van der Waals surface area (Å²) in [6, 6.07) is 12.8. The van der Waals surface area contributed by atoms with E-state index in [1.54, 1.807) is 14.2 Å². The van der Waals surface area contributed by atoms with Crippen LogP contribution in [0.2, 0.25) is 0 Å². The van der Waals surface area contributed by atoms with Crippen molar-refractivity contribution in [1.82, 2.24) is 15.2 Å². The Kier molecular flexibility index (Phi) is 6.33. The van der Waals surface area contributed by atoms with Crippen LogP contribution >= 0.6 is 0 Å². The van der Waals surface area contributed by atoms with Crippen molar-refractivity contribution in [1.29, 1.82) is 0 Å². The van der Waals surface area contributed by atoms with Crippen LogP contribution in [0.3, 0.4) is 0 Å². The van der Waals surface area contributed by atoms with E-state index in [0.29, 0.717) is 36.3 Å². The molecule has 0 spiro atoms. The van der Waals surface area contributed by atoms with Gasteiger partial charge < -0.3 is 25.3 Å². The largest absolute Gasteiger partial charge is 0.497 e. The Labute approximate surface area is 164 Å². The van der Waals surface area contributed by atoms with Gasteiger partial charge in [-0.15, -0.1) is 0 Å². The first kappa shape index (κ1) is 19.5. The second-order valence-electron chi connectivity index (χ2n) is 6.04. The Morgan fingerprint density at radius 1 is 1.07 bits per heavy atom. The standard InChI is InChI=1S/C20H25N5O3/c1-4-28-17-11-13(5-10-16(17)27-3)19(21)20-23-18(24-25-20)12-22-14-6-8-15(26-2)9-7-14/h5-11,19,22H,4,12,21H2,1-3H3,(H,23,24,25)/t19-/m1/s1. The number of rotatable bonds is 9. The molecular formula is C20H25N5O3. The second-order valence-corrected chi connectivity index (χ2v) is 6.04. The summed E-state index contributed by atoms with van der Waals surface area (Å²) in [5.41, 5.74) is 8.15. The molecule has 0 unspecified atom stereocenters. The lowest BCUT2D eigenvalue weighted by Crippen LogP contribution is -2.14. The number of methoxy groups -OCH3 is 2. The minimum atomic E-state index is -0.476. The molecule has 8 heteroatoms. The topological polar surface area (TPSA) is 107 Å². The summed E-state index contributed by atoms with van der Waals surface area (Å²) in [6.07, 6.45) is 0. The first-order chi connectivity index (χ1) is 13.6. The maximum Gasteiger partial charge on any atom is 0.171 e. The molecule has 0 saturated heterocycles. The number of anilines is 1. The van der Waals surface area contributed by atoms with E-state index in [1.165, 1.54) is 0 Å². The summed E-state index contributed by atoms with van der Waals surface area (Å²) < 4.78 is 16.1. The van der Waals surface area contributed by atoms with Crippen molar-refractivity contribution < 1.29 is 14.2 Å². The molecule has 0 fully saturated rings. The number of nitrogens with zero attached hydrogens (tertiary/aromatic N) is 2. The normalized spacial score (nSPS) is 11.7. The highest BCUT2D eigenvalue weighted by molar-refractivity contribution is 5.46. The Hall–Kier alpha value is -3.26. The average molecular weight is 383 g/mol. The van der Waals surface area contributed by atoms with Crippen LogP contribution in [-0.4, -0.2) is 36.0 Å². The number of aromatic amines is 1. The lowest BCUT2D eigenvalue weighted by atomic mass is 10.1. The van der Waals surface area contributed by atoms with E-state index in [2.05, 4.69) is 20.5 Å². The number of hydrogen-bond acceptors (Lipinski definition) is 7. The summed E-state index contributed by atoms with van der Waals surface area (Å²) in [7, 11) is 3.25. The number of nitrogens with two attached hydrogens (primary N) is 1. The zero-order valence-corrected chi connectivity index (χ0v) is 16.2. The number of aromatic nitrogens is 3.